The van der Waals surface area contributed by atoms with Crippen LogP contribution in [-0.2, 0) is 0 Å². The van der Waals surface area contributed by atoms with Crippen molar-refractivity contribution in [2.24, 2.45) is 10.1 Å². The van der Waals surface area contributed by atoms with Crippen LogP contribution in [0, 0.1) is 0 Å². The third-order valence-corrected chi connectivity index (χ3v) is 5.23. The minimum Gasteiger partial charge on any atom is -0.364 e. The van der Waals surface area contributed by atoms with Crippen molar-refractivity contribution in [3.8, 4) is 5.82 Å². The van der Waals surface area contributed by atoms with Crippen LogP contribution >= 0.6 is 0 Å². The summed E-state index contributed by atoms with van der Waals surface area (Å²) in [5.74, 6) is 2.52. The Hall–Kier alpha value is -3.20. The minimum atomic E-state index is 0.471. The molecule has 0 unspecified atom stereocenters. The van der Waals surface area contributed by atoms with Gasteiger partial charge in [-0.05, 0) is 44.0 Å². The summed E-state index contributed by atoms with van der Waals surface area (Å²) in [7, 11) is 2.17. The first-order valence-corrected chi connectivity index (χ1v) is 9.51. The second-order valence-corrected chi connectivity index (χ2v) is 7.22. The number of nitrogens with one attached hydrogen (secondary N) is 1. The Labute approximate surface area is 162 Å². The quantitative estimate of drug-likeness (QED) is 0.822. The second kappa shape index (κ2) is 7.08. The van der Waals surface area contributed by atoms with Gasteiger partial charge in [-0.15, -0.1) is 0 Å². The normalized spacial score (nSPS) is 20.2. The van der Waals surface area contributed by atoms with Crippen molar-refractivity contribution in [3.63, 3.8) is 0 Å². The van der Waals surface area contributed by atoms with Crippen molar-refractivity contribution in [1.29, 1.82) is 0 Å². The van der Waals surface area contributed by atoms with Gasteiger partial charge in [0.1, 0.15) is 0 Å². The highest BCUT2D eigenvalue weighted by Crippen LogP contribution is 2.26. The highest BCUT2D eigenvalue weighted by molar-refractivity contribution is 5.85. The summed E-state index contributed by atoms with van der Waals surface area (Å²) in [6.45, 7) is 2.24. The van der Waals surface area contributed by atoms with Crippen LogP contribution in [0.1, 0.15) is 24.8 Å². The Morgan fingerprint density at radius 2 is 2.07 bits per heavy atom. The summed E-state index contributed by atoms with van der Waals surface area (Å²) in [5.41, 5.74) is 1.86. The lowest BCUT2D eigenvalue weighted by Gasteiger charge is -2.30. The van der Waals surface area contributed by atoms with Crippen LogP contribution in [0.25, 0.3) is 11.5 Å². The lowest BCUT2D eigenvalue weighted by atomic mass is 10.1. The number of amidine groups is 1. The van der Waals surface area contributed by atoms with Gasteiger partial charge in [-0.2, -0.15) is 5.10 Å². The molecule has 1 saturated heterocycles. The van der Waals surface area contributed by atoms with Crippen LogP contribution in [-0.4, -0.2) is 61.4 Å². The Morgan fingerprint density at radius 3 is 2.89 bits per heavy atom. The summed E-state index contributed by atoms with van der Waals surface area (Å²) in [4.78, 5) is 15.3. The number of rotatable bonds is 4. The fourth-order valence-corrected chi connectivity index (χ4v) is 3.61. The number of hydrogen-bond acceptors (Lipinski definition) is 7. The van der Waals surface area contributed by atoms with Crippen LogP contribution in [0.4, 0.5) is 0 Å². The summed E-state index contributed by atoms with van der Waals surface area (Å²) in [6, 6.07) is 0.471. The molecule has 0 amide bonds. The summed E-state index contributed by atoms with van der Waals surface area (Å²) in [5, 5.41) is 12.8. The predicted molar refractivity (Wildman–Crippen MR) is 104 cm³/mol. The summed E-state index contributed by atoms with van der Waals surface area (Å²) >= 11 is 0. The largest absolute Gasteiger partial charge is 0.364 e. The Kier molecular flexibility index (Phi) is 4.28. The van der Waals surface area contributed by atoms with Gasteiger partial charge in [-0.3, -0.25) is 4.98 Å². The van der Waals surface area contributed by atoms with E-state index < -0.39 is 0 Å². The topological polar surface area (TPSA) is 86.6 Å². The average Bonchev–Trinajstić information content (AvgIpc) is 3.37. The molecule has 5 heterocycles. The van der Waals surface area contributed by atoms with E-state index in [1.54, 1.807) is 29.5 Å². The molecule has 5 rings (SSSR count). The SMILES string of the molecule is CN1CCC(NC2=CCC3=NC=C(c4cnn(-c5cnccn5)c4)[N+]3=N2)CC1. The van der Waals surface area contributed by atoms with Gasteiger partial charge >= 0.3 is 5.84 Å². The van der Waals surface area contributed by atoms with Gasteiger partial charge in [0.15, 0.2) is 17.8 Å². The van der Waals surface area contributed by atoms with E-state index in [1.165, 1.54) is 0 Å². The van der Waals surface area contributed by atoms with Crippen LogP contribution in [0.2, 0.25) is 0 Å². The molecule has 3 aliphatic rings. The first kappa shape index (κ1) is 16.9. The van der Waals surface area contributed by atoms with Gasteiger partial charge in [0.2, 0.25) is 5.70 Å². The lowest BCUT2D eigenvalue weighted by molar-refractivity contribution is -0.379. The Balaban J connectivity index is 1.34. The number of fused-ring (bicyclic) bond motifs is 1. The third-order valence-electron chi connectivity index (χ3n) is 5.23. The van der Waals surface area contributed by atoms with E-state index in [4.69, 9.17) is 5.11 Å². The summed E-state index contributed by atoms with van der Waals surface area (Å²) in [6.07, 6.45) is 15.7. The number of aromatic nitrogens is 4. The van der Waals surface area contributed by atoms with Crippen molar-refractivity contribution in [3.05, 3.63) is 54.6 Å². The molecular weight excluding hydrogens is 354 g/mol. The van der Waals surface area contributed by atoms with E-state index in [-0.39, 0.29) is 0 Å². The number of piperidine rings is 1. The highest BCUT2D eigenvalue weighted by Gasteiger charge is 2.33. The first-order valence-electron chi connectivity index (χ1n) is 9.51. The van der Waals surface area contributed by atoms with Gasteiger partial charge in [0.25, 0.3) is 0 Å². The Morgan fingerprint density at radius 1 is 1.18 bits per heavy atom. The van der Waals surface area contributed by atoms with Crippen molar-refractivity contribution in [1.82, 2.24) is 30.0 Å². The smallest absolute Gasteiger partial charge is 0.328 e. The van der Waals surface area contributed by atoms with Crippen molar-refractivity contribution < 1.29 is 4.70 Å². The zero-order valence-electron chi connectivity index (χ0n) is 15.7. The monoisotopic (exact) mass is 376 g/mol. The molecule has 0 bridgehead atoms. The average molecular weight is 376 g/mol. The van der Waals surface area contributed by atoms with Gasteiger partial charge in [-0.25, -0.2) is 9.67 Å². The molecule has 2 aromatic rings. The number of hydrogen-bond donors (Lipinski definition) is 1. The van der Waals surface area contributed by atoms with Gasteiger partial charge < -0.3 is 10.2 Å². The van der Waals surface area contributed by atoms with E-state index in [2.05, 4.69) is 43.4 Å². The third kappa shape index (κ3) is 3.24. The van der Waals surface area contributed by atoms with Crippen LogP contribution in [0.5, 0.6) is 0 Å². The fourth-order valence-electron chi connectivity index (χ4n) is 3.61. The summed E-state index contributed by atoms with van der Waals surface area (Å²) < 4.78 is 3.62. The van der Waals surface area contributed by atoms with Gasteiger partial charge in [-0.1, -0.05) is 9.81 Å². The molecule has 0 spiro atoms. The fraction of sp³-hybridized carbons (Fsp3) is 0.368. The molecule has 9 nitrogen and oxygen atoms in total. The number of azo groups is 2. The second-order valence-electron chi connectivity index (χ2n) is 7.22. The molecule has 9 heteroatoms. The molecule has 3 aliphatic heterocycles. The maximum Gasteiger partial charge on any atom is 0.328 e. The molecule has 0 saturated carbocycles. The zero-order valence-corrected chi connectivity index (χ0v) is 15.7. The minimum absolute atomic E-state index is 0.471. The zero-order chi connectivity index (χ0) is 18.9. The number of aliphatic imine (C=N–C) groups is 1. The van der Waals surface area contributed by atoms with E-state index in [0.29, 0.717) is 11.9 Å². The molecule has 28 heavy (non-hydrogen) atoms. The molecule has 2 aromatic heterocycles. The van der Waals surface area contributed by atoms with Gasteiger partial charge in [0, 0.05) is 24.6 Å². The molecule has 142 valence electrons. The lowest BCUT2D eigenvalue weighted by Crippen LogP contribution is -2.40. The van der Waals surface area contributed by atoms with E-state index in [9.17, 15) is 0 Å². The van der Waals surface area contributed by atoms with Gasteiger partial charge in [0.05, 0.1) is 24.4 Å². The van der Waals surface area contributed by atoms with Crippen molar-refractivity contribution in [2.75, 3.05) is 20.1 Å². The maximum atomic E-state index is 4.80. The molecule has 1 N–H and O–H groups in total. The molecule has 0 atom stereocenters. The number of nitrogens with zero attached hydrogens (tertiary/aromatic N) is 8. The molecule has 0 aromatic carbocycles. The number of likely N-dealkylation sites (tertiary alicyclic amines) is 1. The van der Waals surface area contributed by atoms with Crippen LogP contribution < -0.4 is 5.32 Å². The standard InChI is InChI=1S/C19H22N9/c1-26-8-4-15(5-9-26)24-17-2-3-18-22-11-16(28(18)25-17)14-10-23-27(13-14)19-12-20-6-7-21-19/h2,6-7,10-13,15,24H,3-5,8-9H2,1H3/q+1. The van der Waals surface area contributed by atoms with E-state index >= 15 is 0 Å². The molecule has 0 aliphatic carbocycles. The maximum absolute atomic E-state index is 4.80. The van der Waals surface area contributed by atoms with E-state index in [1.807, 2.05) is 17.1 Å². The molecular formula is C19H22N9+. The van der Waals surface area contributed by atoms with Crippen LogP contribution in [0.3, 0.4) is 0 Å². The van der Waals surface area contributed by atoms with Crippen molar-refractivity contribution >= 4 is 11.5 Å². The van der Waals surface area contributed by atoms with E-state index in [0.717, 1.165) is 55.3 Å². The first-order chi connectivity index (χ1) is 13.8. The Bertz CT molecular complexity index is 991. The highest BCUT2D eigenvalue weighted by atomic mass is 15.4. The molecule has 1 fully saturated rings. The van der Waals surface area contributed by atoms with Crippen LogP contribution in [0.15, 0.2) is 59.2 Å². The predicted octanol–water partition coefficient (Wildman–Crippen LogP) is 1.77. The van der Waals surface area contributed by atoms with Crippen molar-refractivity contribution in [2.45, 2.75) is 25.3 Å². The molecule has 0 radical (unpaired) electrons.